The van der Waals surface area contributed by atoms with Gasteiger partial charge in [-0.2, -0.15) is 13.2 Å². The van der Waals surface area contributed by atoms with Crippen LogP contribution in [-0.2, 0) is 4.74 Å². The Balaban J connectivity index is 0.00000144. The summed E-state index contributed by atoms with van der Waals surface area (Å²) in [6, 6.07) is 0. The highest BCUT2D eigenvalue weighted by molar-refractivity contribution is 5.85. The highest BCUT2D eigenvalue weighted by Crippen LogP contribution is 2.31. The maximum atomic E-state index is 12.1. The van der Waals surface area contributed by atoms with Crippen molar-refractivity contribution in [3.63, 3.8) is 0 Å². The van der Waals surface area contributed by atoms with Crippen molar-refractivity contribution in [3.05, 3.63) is 0 Å². The van der Waals surface area contributed by atoms with Crippen LogP contribution in [0.2, 0.25) is 0 Å². The lowest BCUT2D eigenvalue weighted by Gasteiger charge is -2.30. The molecule has 6 heteroatoms. The predicted octanol–water partition coefficient (Wildman–Crippen LogP) is 1.87. The molecule has 0 aromatic heterocycles. The Morgan fingerprint density at radius 2 is 1.92 bits per heavy atom. The first-order chi connectivity index (χ1) is 5.54. The molecule has 0 aromatic carbocycles. The fraction of sp³-hybridized carbons (Fsp3) is 1.00. The minimum atomic E-state index is -4.23. The van der Waals surface area contributed by atoms with Gasteiger partial charge >= 0.3 is 6.18 Å². The summed E-state index contributed by atoms with van der Waals surface area (Å²) in [5.74, 6) is 0. The molecule has 1 aliphatic heterocycles. The van der Waals surface area contributed by atoms with Crippen LogP contribution in [0.25, 0.3) is 0 Å². The Kier molecular flexibility index (Phi) is 5.02. The molecule has 2 nitrogen and oxygen atoms in total. The minimum absolute atomic E-state index is 0. The summed E-state index contributed by atoms with van der Waals surface area (Å²) in [4.78, 5) is 0. The molecule has 0 aromatic rings. The number of hydrogen-bond donors (Lipinski definition) is 1. The van der Waals surface area contributed by atoms with Gasteiger partial charge in [-0.15, -0.1) is 12.4 Å². The van der Waals surface area contributed by atoms with E-state index in [0.29, 0.717) is 12.8 Å². The van der Waals surface area contributed by atoms with Gasteiger partial charge in [0.05, 0.1) is 6.10 Å². The molecule has 1 heterocycles. The summed E-state index contributed by atoms with van der Waals surface area (Å²) in [5.41, 5.74) is 5.22. The summed E-state index contributed by atoms with van der Waals surface area (Å²) in [5, 5.41) is 0. The largest absolute Gasteiger partial charge is 0.414 e. The Hall–Kier alpha value is -0.0000000000000000486. The molecule has 2 atom stereocenters. The van der Waals surface area contributed by atoms with E-state index in [1.807, 2.05) is 0 Å². The maximum absolute atomic E-state index is 12.1. The molecule has 1 fully saturated rings. The second-order valence-corrected chi connectivity index (χ2v) is 2.95. The van der Waals surface area contributed by atoms with Crippen molar-refractivity contribution in [1.82, 2.24) is 0 Å². The van der Waals surface area contributed by atoms with Crippen molar-refractivity contribution in [2.24, 2.45) is 5.73 Å². The molecule has 0 saturated carbocycles. The van der Waals surface area contributed by atoms with Gasteiger partial charge in [-0.3, -0.25) is 0 Å². The van der Waals surface area contributed by atoms with Gasteiger partial charge in [-0.25, -0.2) is 0 Å². The van der Waals surface area contributed by atoms with Crippen LogP contribution < -0.4 is 5.73 Å². The maximum Gasteiger partial charge on any atom is 0.414 e. The molecule has 0 amide bonds. The van der Waals surface area contributed by atoms with Gasteiger partial charge in [0.2, 0.25) is 0 Å². The molecule has 2 N–H and O–H groups in total. The lowest BCUT2D eigenvalue weighted by Crippen LogP contribution is -2.41. The fourth-order valence-corrected chi connectivity index (χ4v) is 1.31. The third kappa shape index (κ3) is 3.70. The third-order valence-electron chi connectivity index (χ3n) is 1.98. The number of nitrogens with two attached hydrogens (primary N) is 1. The minimum Gasteiger partial charge on any atom is -0.364 e. The van der Waals surface area contributed by atoms with Crippen LogP contribution in [0.4, 0.5) is 13.2 Å². The van der Waals surface area contributed by atoms with E-state index in [9.17, 15) is 13.2 Å². The number of halogens is 4. The van der Waals surface area contributed by atoms with Crippen LogP contribution in [0.15, 0.2) is 0 Å². The van der Waals surface area contributed by atoms with Crippen molar-refractivity contribution in [2.45, 2.75) is 37.6 Å². The van der Waals surface area contributed by atoms with Gasteiger partial charge < -0.3 is 10.5 Å². The molecular weight excluding hydrogens is 207 g/mol. The van der Waals surface area contributed by atoms with Gasteiger partial charge in [-0.1, -0.05) is 0 Å². The normalized spacial score (nSPS) is 29.5. The SMILES string of the molecule is Cl.NCC1CCCC(C(F)(F)F)O1. The molecule has 80 valence electrons. The highest BCUT2D eigenvalue weighted by Gasteiger charge is 2.43. The first-order valence-corrected chi connectivity index (χ1v) is 3.96. The Morgan fingerprint density at radius 3 is 2.38 bits per heavy atom. The van der Waals surface area contributed by atoms with Crippen LogP contribution >= 0.6 is 12.4 Å². The summed E-state index contributed by atoms with van der Waals surface area (Å²) in [7, 11) is 0. The smallest absolute Gasteiger partial charge is 0.364 e. The second-order valence-electron chi connectivity index (χ2n) is 2.95. The third-order valence-corrected chi connectivity index (χ3v) is 1.98. The highest BCUT2D eigenvalue weighted by atomic mass is 35.5. The first kappa shape index (κ1) is 13.0. The summed E-state index contributed by atoms with van der Waals surface area (Å²) in [6.45, 7) is 0.173. The van der Waals surface area contributed by atoms with E-state index >= 15 is 0 Å². The number of alkyl halides is 3. The van der Waals surface area contributed by atoms with Crippen molar-refractivity contribution in [2.75, 3.05) is 6.54 Å². The topological polar surface area (TPSA) is 35.2 Å². The monoisotopic (exact) mass is 219 g/mol. The van der Waals surface area contributed by atoms with Crippen molar-refractivity contribution < 1.29 is 17.9 Å². The predicted molar refractivity (Wildman–Crippen MR) is 44.9 cm³/mol. The zero-order valence-electron chi connectivity index (χ0n) is 7.01. The van der Waals surface area contributed by atoms with Gasteiger partial charge in [0.1, 0.15) is 0 Å². The van der Waals surface area contributed by atoms with Crippen LogP contribution in [0, 0.1) is 0 Å². The quantitative estimate of drug-likeness (QED) is 0.731. The van der Waals surface area contributed by atoms with E-state index in [1.165, 1.54) is 0 Å². The van der Waals surface area contributed by atoms with E-state index < -0.39 is 18.4 Å². The van der Waals surface area contributed by atoms with Crippen LogP contribution in [0.1, 0.15) is 19.3 Å². The standard InChI is InChI=1S/C7H12F3NO.ClH/c8-7(9,10)6-3-1-2-5(4-11)12-6;/h5-6H,1-4,11H2;1H. The summed E-state index contributed by atoms with van der Waals surface area (Å²) >= 11 is 0. The van der Waals surface area contributed by atoms with Gasteiger partial charge in [0.15, 0.2) is 6.10 Å². The van der Waals surface area contributed by atoms with Crippen LogP contribution in [0.5, 0.6) is 0 Å². The van der Waals surface area contributed by atoms with E-state index in [1.54, 1.807) is 0 Å². The average Bonchev–Trinajstić information content (AvgIpc) is 2.03. The van der Waals surface area contributed by atoms with Crippen molar-refractivity contribution in [3.8, 4) is 0 Å². The van der Waals surface area contributed by atoms with Crippen molar-refractivity contribution >= 4 is 12.4 Å². The van der Waals surface area contributed by atoms with Gasteiger partial charge in [-0.05, 0) is 19.3 Å². The molecule has 13 heavy (non-hydrogen) atoms. The lowest BCUT2D eigenvalue weighted by atomic mass is 10.0. The Bertz CT molecular complexity index is 153. The van der Waals surface area contributed by atoms with E-state index in [0.717, 1.165) is 0 Å². The van der Waals surface area contributed by atoms with E-state index in [-0.39, 0.29) is 25.4 Å². The van der Waals surface area contributed by atoms with Gasteiger partial charge in [0.25, 0.3) is 0 Å². The van der Waals surface area contributed by atoms with Gasteiger partial charge in [0, 0.05) is 6.54 Å². The molecule has 1 aliphatic rings. The molecule has 0 radical (unpaired) electrons. The molecule has 0 aliphatic carbocycles. The summed E-state index contributed by atoms with van der Waals surface area (Å²) in [6.07, 6.45) is -4.98. The molecule has 2 unspecified atom stereocenters. The summed E-state index contributed by atoms with van der Waals surface area (Å²) < 4.78 is 41.0. The van der Waals surface area contributed by atoms with E-state index in [2.05, 4.69) is 0 Å². The lowest BCUT2D eigenvalue weighted by molar-refractivity contribution is -0.243. The molecule has 0 spiro atoms. The average molecular weight is 220 g/mol. The second kappa shape index (κ2) is 5.02. The zero-order valence-corrected chi connectivity index (χ0v) is 7.83. The number of rotatable bonds is 1. The fourth-order valence-electron chi connectivity index (χ4n) is 1.31. The first-order valence-electron chi connectivity index (χ1n) is 3.96. The number of hydrogen-bond acceptors (Lipinski definition) is 2. The molecule has 1 saturated heterocycles. The number of ether oxygens (including phenoxy) is 1. The zero-order chi connectivity index (χ0) is 9.19. The van der Waals surface area contributed by atoms with Crippen LogP contribution in [0.3, 0.4) is 0 Å². The van der Waals surface area contributed by atoms with E-state index in [4.69, 9.17) is 10.5 Å². The molecule has 1 rings (SSSR count). The Labute approximate surface area is 81.0 Å². The Morgan fingerprint density at radius 1 is 1.31 bits per heavy atom. The van der Waals surface area contributed by atoms with Crippen LogP contribution in [-0.4, -0.2) is 24.9 Å². The molecular formula is C7H13ClF3NO. The van der Waals surface area contributed by atoms with Crippen molar-refractivity contribution in [1.29, 1.82) is 0 Å². The molecule has 0 bridgehead atoms.